The van der Waals surface area contributed by atoms with Crippen molar-refractivity contribution >= 4 is 72.8 Å². The Kier molecular flexibility index (Phi) is 6.25. The predicted molar refractivity (Wildman–Crippen MR) is 119 cm³/mol. The summed E-state index contributed by atoms with van der Waals surface area (Å²) in [5.41, 5.74) is 2.39. The summed E-state index contributed by atoms with van der Waals surface area (Å²) in [6.07, 6.45) is 1.80. The second-order valence-corrected chi connectivity index (χ2v) is 8.47. The van der Waals surface area contributed by atoms with Gasteiger partial charge in [-0.25, -0.2) is 0 Å². The van der Waals surface area contributed by atoms with Gasteiger partial charge in [0.1, 0.15) is 18.1 Å². The van der Waals surface area contributed by atoms with Gasteiger partial charge in [0.2, 0.25) is 0 Å². The third-order valence-corrected chi connectivity index (χ3v) is 6.06. The Morgan fingerprint density at radius 1 is 1.11 bits per heavy atom. The van der Waals surface area contributed by atoms with Crippen LogP contribution in [0.5, 0.6) is 5.75 Å². The molecule has 1 heterocycles. The molecule has 1 aliphatic heterocycles. The summed E-state index contributed by atoms with van der Waals surface area (Å²) in [6, 6.07) is 11.3. The first-order valence-corrected chi connectivity index (χ1v) is 10.3. The van der Waals surface area contributed by atoms with Crippen molar-refractivity contribution in [2.45, 2.75) is 6.61 Å². The van der Waals surface area contributed by atoms with Gasteiger partial charge in [0, 0.05) is 19.1 Å². The third-order valence-electron chi connectivity index (χ3n) is 4.08. The van der Waals surface area contributed by atoms with E-state index < -0.39 is 0 Å². The Morgan fingerprint density at radius 3 is 2.22 bits per heavy atom. The average Bonchev–Trinajstić information content (AvgIpc) is 2.80. The minimum Gasteiger partial charge on any atom is -0.487 e. The Balaban J connectivity index is 1.83. The summed E-state index contributed by atoms with van der Waals surface area (Å²) in [5.74, 6) is 0.559. The van der Waals surface area contributed by atoms with Crippen LogP contribution in [0.2, 0.25) is 5.02 Å². The molecule has 2 aromatic rings. The molecule has 0 N–H and O–H groups in total. The molecule has 1 saturated heterocycles. The van der Waals surface area contributed by atoms with E-state index in [4.69, 9.17) is 28.6 Å². The minimum absolute atomic E-state index is 0.127. The van der Waals surface area contributed by atoms with Crippen LogP contribution in [0.4, 0.5) is 0 Å². The second-order valence-electron chi connectivity index (χ2n) is 5.96. The van der Waals surface area contributed by atoms with E-state index in [-0.39, 0.29) is 5.91 Å². The summed E-state index contributed by atoms with van der Waals surface area (Å²) in [5, 5.41) is 1.17. The van der Waals surface area contributed by atoms with E-state index in [0.29, 0.717) is 28.2 Å². The number of hydrogen-bond acceptors (Lipinski definition) is 3. The zero-order valence-corrected chi connectivity index (χ0v) is 19.2. The Labute approximate surface area is 185 Å². The highest BCUT2D eigenvalue weighted by atomic mass is 79.9. The lowest BCUT2D eigenvalue weighted by atomic mass is 10.1. The zero-order chi connectivity index (χ0) is 19.7. The molecule has 2 aromatic carbocycles. The number of halogens is 3. The van der Waals surface area contributed by atoms with Gasteiger partial charge in [-0.2, -0.15) is 0 Å². The van der Waals surface area contributed by atoms with Crippen molar-refractivity contribution in [1.29, 1.82) is 0 Å². The number of rotatable bonds is 4. The molecular weight excluding hydrogens is 516 g/mol. The minimum atomic E-state index is -0.127. The molecule has 3 rings (SSSR count). The van der Waals surface area contributed by atoms with Crippen molar-refractivity contribution < 1.29 is 9.53 Å². The third kappa shape index (κ3) is 4.37. The van der Waals surface area contributed by atoms with Gasteiger partial charge in [-0.15, -0.1) is 0 Å². The molecule has 0 spiro atoms. The van der Waals surface area contributed by atoms with Crippen LogP contribution in [0.25, 0.3) is 6.08 Å². The van der Waals surface area contributed by atoms with Crippen molar-refractivity contribution in [1.82, 2.24) is 9.80 Å². The van der Waals surface area contributed by atoms with Crippen LogP contribution in [0.3, 0.4) is 0 Å². The highest BCUT2D eigenvalue weighted by Crippen LogP contribution is 2.36. The fourth-order valence-electron chi connectivity index (χ4n) is 2.58. The monoisotopic (exact) mass is 528 g/mol. The molecule has 0 saturated carbocycles. The maximum Gasteiger partial charge on any atom is 0.276 e. The van der Waals surface area contributed by atoms with Crippen molar-refractivity contribution in [2.75, 3.05) is 14.1 Å². The van der Waals surface area contributed by atoms with E-state index in [1.807, 2.05) is 36.4 Å². The van der Waals surface area contributed by atoms with Crippen molar-refractivity contribution in [3.8, 4) is 5.75 Å². The maximum atomic E-state index is 12.3. The van der Waals surface area contributed by atoms with Crippen molar-refractivity contribution in [3.05, 3.63) is 67.2 Å². The van der Waals surface area contributed by atoms with Crippen LogP contribution >= 0.6 is 55.7 Å². The number of thiocarbonyl (C=S) groups is 1. The van der Waals surface area contributed by atoms with Gasteiger partial charge < -0.3 is 9.64 Å². The molecular formula is C19H15Br2ClN2O2S. The molecule has 140 valence electrons. The van der Waals surface area contributed by atoms with Crippen molar-refractivity contribution in [2.24, 2.45) is 0 Å². The quantitative estimate of drug-likeness (QED) is 0.388. The molecule has 8 heteroatoms. The number of hydrogen-bond donors (Lipinski definition) is 0. The molecule has 0 aliphatic carbocycles. The molecule has 0 atom stereocenters. The van der Waals surface area contributed by atoms with Crippen LogP contribution < -0.4 is 4.74 Å². The fraction of sp³-hybridized carbons (Fsp3) is 0.158. The maximum absolute atomic E-state index is 12.3. The standard InChI is InChI=1S/C19H15Br2ClN2O2S/c1-23-16(18(25)24(2)19(23)27)9-12-7-14(20)17(15(21)8-12)26-10-11-3-5-13(22)6-4-11/h3-9H,10H2,1-2H3/b16-9-. The van der Waals surface area contributed by atoms with E-state index in [0.717, 1.165) is 20.1 Å². The first-order chi connectivity index (χ1) is 12.8. The summed E-state index contributed by atoms with van der Waals surface area (Å²) >= 11 is 18.2. The molecule has 1 amide bonds. The van der Waals surface area contributed by atoms with Crippen LogP contribution in [0.1, 0.15) is 11.1 Å². The van der Waals surface area contributed by atoms with Crippen LogP contribution in [-0.4, -0.2) is 34.9 Å². The fourth-order valence-corrected chi connectivity index (χ4v) is 4.34. The SMILES string of the molecule is CN1C(=O)/C(=C/c2cc(Br)c(OCc3ccc(Cl)cc3)c(Br)c2)N(C)C1=S. The van der Waals surface area contributed by atoms with Crippen LogP contribution in [-0.2, 0) is 11.4 Å². The van der Waals surface area contributed by atoms with Gasteiger partial charge in [0.15, 0.2) is 5.11 Å². The summed E-state index contributed by atoms with van der Waals surface area (Å²) in [4.78, 5) is 15.5. The number of carbonyl (C=O) groups excluding carboxylic acids is 1. The van der Waals surface area contributed by atoms with Crippen molar-refractivity contribution in [3.63, 3.8) is 0 Å². The van der Waals surface area contributed by atoms with Gasteiger partial charge in [-0.3, -0.25) is 9.69 Å². The van der Waals surface area contributed by atoms with E-state index in [9.17, 15) is 4.79 Å². The molecule has 4 nitrogen and oxygen atoms in total. The first-order valence-electron chi connectivity index (χ1n) is 7.91. The molecule has 0 unspecified atom stereocenters. The number of benzene rings is 2. The number of likely N-dealkylation sites (N-methyl/N-ethyl adjacent to an activating group) is 2. The van der Waals surface area contributed by atoms with E-state index in [1.54, 1.807) is 25.1 Å². The second kappa shape index (κ2) is 8.31. The Morgan fingerprint density at radius 2 is 1.70 bits per heavy atom. The molecule has 0 aromatic heterocycles. The van der Waals surface area contributed by atoms with Gasteiger partial charge >= 0.3 is 0 Å². The summed E-state index contributed by atoms with van der Waals surface area (Å²) < 4.78 is 7.49. The van der Waals surface area contributed by atoms with Gasteiger partial charge in [-0.05, 0) is 85.5 Å². The summed E-state index contributed by atoms with van der Waals surface area (Å²) in [6.45, 7) is 0.412. The number of amides is 1. The lowest BCUT2D eigenvalue weighted by Crippen LogP contribution is -2.26. The molecule has 1 fully saturated rings. The highest BCUT2D eigenvalue weighted by molar-refractivity contribution is 9.11. The molecule has 1 aliphatic rings. The first kappa shape index (κ1) is 20.3. The molecule has 0 radical (unpaired) electrons. The topological polar surface area (TPSA) is 32.8 Å². The number of nitrogens with zero attached hydrogens (tertiary/aromatic N) is 2. The smallest absolute Gasteiger partial charge is 0.276 e. The van der Waals surface area contributed by atoms with E-state index >= 15 is 0 Å². The van der Waals surface area contributed by atoms with Crippen LogP contribution in [0, 0.1) is 0 Å². The molecule has 27 heavy (non-hydrogen) atoms. The van der Waals surface area contributed by atoms with Crippen LogP contribution in [0.15, 0.2) is 51.0 Å². The lowest BCUT2D eigenvalue weighted by Gasteiger charge is -2.13. The molecule has 0 bridgehead atoms. The largest absolute Gasteiger partial charge is 0.487 e. The Hall–Kier alpha value is -1.41. The van der Waals surface area contributed by atoms with Gasteiger partial charge in [0.25, 0.3) is 5.91 Å². The van der Waals surface area contributed by atoms with Gasteiger partial charge in [0.05, 0.1) is 8.95 Å². The lowest BCUT2D eigenvalue weighted by molar-refractivity contribution is -0.121. The predicted octanol–water partition coefficient (Wildman–Crippen LogP) is 5.47. The number of ether oxygens (including phenoxy) is 1. The van der Waals surface area contributed by atoms with Gasteiger partial charge in [-0.1, -0.05) is 23.7 Å². The van der Waals surface area contributed by atoms with E-state index in [1.165, 1.54) is 4.90 Å². The Bertz CT molecular complexity index is 924. The normalized spacial score (nSPS) is 15.8. The summed E-state index contributed by atoms with van der Waals surface area (Å²) in [7, 11) is 3.45. The number of carbonyl (C=O) groups is 1. The van der Waals surface area contributed by atoms with E-state index in [2.05, 4.69) is 31.9 Å². The average molecular weight is 531 g/mol. The highest BCUT2D eigenvalue weighted by Gasteiger charge is 2.32. The zero-order valence-electron chi connectivity index (χ0n) is 14.5.